The number of rotatable bonds is 1. The fourth-order valence-corrected chi connectivity index (χ4v) is 3.60. The molecule has 0 fully saturated rings. The van der Waals surface area contributed by atoms with Gasteiger partial charge in [0.25, 0.3) is 11.8 Å². The van der Waals surface area contributed by atoms with Crippen LogP contribution >= 0.6 is 0 Å². The van der Waals surface area contributed by atoms with E-state index in [4.69, 9.17) is 10.2 Å². The Balaban J connectivity index is 1.87. The third-order valence-corrected chi connectivity index (χ3v) is 4.81. The number of para-hydroxylation sites is 2. The second kappa shape index (κ2) is 5.28. The monoisotopic (exact) mass is 356 g/mol. The molecular weight excluding hydrogens is 344 g/mol. The SMILES string of the molecule is Nc1c2c(cc3c1c(=O)oc1ccccc13)C(=O)N(c1ccccc1)C2=O. The molecule has 1 aromatic heterocycles. The minimum absolute atomic E-state index is 0.0289. The highest BCUT2D eigenvalue weighted by molar-refractivity contribution is 6.38. The van der Waals surface area contributed by atoms with Crippen molar-refractivity contribution < 1.29 is 14.0 Å². The lowest BCUT2D eigenvalue weighted by atomic mass is 9.98. The molecule has 0 atom stereocenters. The number of hydrogen-bond donors (Lipinski definition) is 1. The van der Waals surface area contributed by atoms with Gasteiger partial charge in [0.1, 0.15) is 5.58 Å². The van der Waals surface area contributed by atoms with Gasteiger partial charge < -0.3 is 10.2 Å². The zero-order chi connectivity index (χ0) is 18.7. The minimum Gasteiger partial charge on any atom is -0.422 e. The van der Waals surface area contributed by atoms with E-state index < -0.39 is 17.4 Å². The maximum Gasteiger partial charge on any atom is 0.346 e. The Bertz CT molecular complexity index is 1340. The number of imide groups is 1. The van der Waals surface area contributed by atoms with Gasteiger partial charge in [0.2, 0.25) is 0 Å². The number of nitrogen functional groups attached to an aromatic ring is 1. The van der Waals surface area contributed by atoms with Crippen LogP contribution in [0.25, 0.3) is 21.7 Å². The van der Waals surface area contributed by atoms with Crippen molar-refractivity contribution in [2.24, 2.45) is 0 Å². The maximum atomic E-state index is 13.0. The fraction of sp³-hybridized carbons (Fsp3) is 0. The quantitative estimate of drug-likeness (QED) is 0.244. The third kappa shape index (κ3) is 1.98. The zero-order valence-electron chi connectivity index (χ0n) is 13.9. The summed E-state index contributed by atoms with van der Waals surface area (Å²) in [6.07, 6.45) is 0. The summed E-state index contributed by atoms with van der Waals surface area (Å²) < 4.78 is 5.34. The molecule has 2 amide bonds. The van der Waals surface area contributed by atoms with Crippen LogP contribution in [0.1, 0.15) is 20.7 Å². The number of nitrogens with zero attached hydrogens (tertiary/aromatic N) is 1. The number of carbonyl (C=O) groups is 2. The molecule has 3 aromatic carbocycles. The number of fused-ring (bicyclic) bond motifs is 4. The maximum absolute atomic E-state index is 13.0. The van der Waals surface area contributed by atoms with E-state index in [1.54, 1.807) is 60.7 Å². The molecular formula is C21H12N2O4. The lowest BCUT2D eigenvalue weighted by Gasteiger charge is -2.13. The van der Waals surface area contributed by atoms with Gasteiger partial charge in [-0.1, -0.05) is 36.4 Å². The Morgan fingerprint density at radius 1 is 0.815 bits per heavy atom. The van der Waals surface area contributed by atoms with E-state index in [1.807, 2.05) is 0 Å². The van der Waals surface area contributed by atoms with Gasteiger partial charge in [-0.15, -0.1) is 0 Å². The van der Waals surface area contributed by atoms with Crippen LogP contribution in [-0.4, -0.2) is 11.8 Å². The van der Waals surface area contributed by atoms with E-state index in [0.717, 1.165) is 4.90 Å². The average molecular weight is 356 g/mol. The van der Waals surface area contributed by atoms with Crippen LogP contribution in [0, 0.1) is 0 Å². The molecule has 0 bridgehead atoms. The van der Waals surface area contributed by atoms with E-state index in [2.05, 4.69) is 0 Å². The van der Waals surface area contributed by atoms with Crippen molar-refractivity contribution in [1.82, 2.24) is 0 Å². The van der Waals surface area contributed by atoms with Crippen molar-refractivity contribution in [3.8, 4) is 0 Å². The summed E-state index contributed by atoms with van der Waals surface area (Å²) in [4.78, 5) is 39.5. The highest BCUT2D eigenvalue weighted by Crippen LogP contribution is 2.37. The lowest BCUT2D eigenvalue weighted by molar-refractivity contribution is 0.0926. The Morgan fingerprint density at radius 2 is 1.52 bits per heavy atom. The predicted molar refractivity (Wildman–Crippen MR) is 102 cm³/mol. The molecule has 0 unspecified atom stereocenters. The molecule has 130 valence electrons. The summed E-state index contributed by atoms with van der Waals surface area (Å²) in [5.74, 6) is -1.01. The van der Waals surface area contributed by atoms with E-state index in [-0.39, 0.29) is 22.2 Å². The highest BCUT2D eigenvalue weighted by Gasteiger charge is 2.39. The Kier molecular flexibility index (Phi) is 3.00. The Labute approximate surface area is 152 Å². The van der Waals surface area contributed by atoms with E-state index in [0.29, 0.717) is 22.0 Å². The second-order valence-corrected chi connectivity index (χ2v) is 6.30. The molecule has 1 aliphatic rings. The van der Waals surface area contributed by atoms with Crippen LogP contribution in [-0.2, 0) is 0 Å². The third-order valence-electron chi connectivity index (χ3n) is 4.81. The number of hydrogen-bond acceptors (Lipinski definition) is 5. The van der Waals surface area contributed by atoms with Crippen molar-refractivity contribution in [2.45, 2.75) is 0 Å². The predicted octanol–water partition coefficient (Wildman–Crippen LogP) is 3.33. The lowest BCUT2D eigenvalue weighted by Crippen LogP contribution is -2.29. The molecule has 0 saturated carbocycles. The van der Waals surface area contributed by atoms with Crippen LogP contribution < -0.4 is 16.3 Å². The van der Waals surface area contributed by atoms with Gasteiger partial charge in [0, 0.05) is 10.8 Å². The number of benzene rings is 3. The van der Waals surface area contributed by atoms with Gasteiger partial charge in [0.05, 0.1) is 27.9 Å². The molecule has 6 nitrogen and oxygen atoms in total. The van der Waals surface area contributed by atoms with Crippen LogP contribution in [0.4, 0.5) is 11.4 Å². The number of nitrogens with two attached hydrogens (primary N) is 1. The van der Waals surface area contributed by atoms with Crippen LogP contribution in [0.15, 0.2) is 69.9 Å². The number of amides is 2. The first-order chi connectivity index (χ1) is 13.1. The number of anilines is 2. The largest absolute Gasteiger partial charge is 0.422 e. The first-order valence-corrected chi connectivity index (χ1v) is 8.30. The van der Waals surface area contributed by atoms with Gasteiger partial charge in [-0.2, -0.15) is 0 Å². The molecule has 6 heteroatoms. The highest BCUT2D eigenvalue weighted by atomic mass is 16.4. The smallest absolute Gasteiger partial charge is 0.346 e. The van der Waals surface area contributed by atoms with Gasteiger partial charge in [-0.25, -0.2) is 9.69 Å². The summed E-state index contributed by atoms with van der Waals surface area (Å²) in [6.45, 7) is 0. The van der Waals surface area contributed by atoms with Gasteiger partial charge >= 0.3 is 5.63 Å². The van der Waals surface area contributed by atoms with Crippen molar-refractivity contribution in [1.29, 1.82) is 0 Å². The summed E-state index contributed by atoms with van der Waals surface area (Å²) in [5.41, 5.74) is 6.60. The van der Waals surface area contributed by atoms with Gasteiger partial charge in [-0.05, 0) is 24.3 Å². The molecule has 5 rings (SSSR count). The zero-order valence-corrected chi connectivity index (χ0v) is 13.9. The summed E-state index contributed by atoms with van der Waals surface area (Å²) in [6, 6.07) is 17.2. The summed E-state index contributed by atoms with van der Waals surface area (Å²) in [5, 5.41) is 1.26. The van der Waals surface area contributed by atoms with E-state index >= 15 is 0 Å². The summed E-state index contributed by atoms with van der Waals surface area (Å²) >= 11 is 0. The van der Waals surface area contributed by atoms with Crippen molar-refractivity contribution in [3.05, 3.63) is 82.2 Å². The summed E-state index contributed by atoms with van der Waals surface area (Å²) in [7, 11) is 0. The van der Waals surface area contributed by atoms with E-state index in [1.165, 1.54) is 0 Å². The van der Waals surface area contributed by atoms with Crippen molar-refractivity contribution in [3.63, 3.8) is 0 Å². The molecule has 27 heavy (non-hydrogen) atoms. The molecule has 0 spiro atoms. The second-order valence-electron chi connectivity index (χ2n) is 6.30. The fourth-order valence-electron chi connectivity index (χ4n) is 3.60. The molecule has 0 radical (unpaired) electrons. The van der Waals surface area contributed by atoms with Gasteiger partial charge in [-0.3, -0.25) is 9.59 Å². The Hall–Kier alpha value is -3.93. The van der Waals surface area contributed by atoms with Crippen molar-refractivity contribution >= 4 is 44.9 Å². The Morgan fingerprint density at radius 3 is 2.30 bits per heavy atom. The van der Waals surface area contributed by atoms with Crippen LogP contribution in [0.5, 0.6) is 0 Å². The average Bonchev–Trinajstić information content (AvgIpc) is 2.93. The molecule has 0 saturated heterocycles. The molecule has 1 aliphatic heterocycles. The number of carbonyl (C=O) groups excluding carboxylic acids is 2. The molecule has 4 aromatic rings. The van der Waals surface area contributed by atoms with Crippen LogP contribution in [0.2, 0.25) is 0 Å². The first kappa shape index (κ1) is 15.3. The van der Waals surface area contributed by atoms with Gasteiger partial charge in [0.15, 0.2) is 0 Å². The van der Waals surface area contributed by atoms with Crippen molar-refractivity contribution in [2.75, 3.05) is 10.6 Å². The molecule has 2 N–H and O–H groups in total. The van der Waals surface area contributed by atoms with Crippen LogP contribution in [0.3, 0.4) is 0 Å². The van der Waals surface area contributed by atoms with E-state index in [9.17, 15) is 14.4 Å². The molecule has 0 aliphatic carbocycles. The topological polar surface area (TPSA) is 93.6 Å². The standard InChI is InChI=1S/C21H12N2O4/c22-18-16-14(19(24)23(20(16)25)11-6-2-1-3-7-11)10-13-12-8-4-5-9-15(12)27-21(26)17(13)18/h1-10H,22H2. The molecule has 2 heterocycles. The normalized spacial score (nSPS) is 13.6. The first-order valence-electron chi connectivity index (χ1n) is 8.30. The minimum atomic E-state index is -0.637.